The molecule has 20 heavy (non-hydrogen) atoms. The maximum Gasteiger partial charge on any atom is 0.250 e. The zero-order chi connectivity index (χ0) is 14.4. The average molecular weight is 275 g/mol. The molecule has 8 heteroatoms. The number of amides is 2. The molecular weight excluding hydrogens is 262 g/mol. The van der Waals surface area contributed by atoms with Crippen molar-refractivity contribution >= 4 is 23.8 Å². The number of aromatic nitrogens is 3. The second kappa shape index (κ2) is 6.32. The van der Waals surface area contributed by atoms with Gasteiger partial charge < -0.3 is 9.73 Å². The Balaban J connectivity index is 1.90. The summed E-state index contributed by atoms with van der Waals surface area (Å²) in [6.45, 7) is 0.0433. The molecule has 0 fully saturated rings. The van der Waals surface area contributed by atoms with Gasteiger partial charge in [0.25, 0.3) is 5.91 Å². The van der Waals surface area contributed by atoms with Crippen LogP contribution in [0.4, 0.5) is 5.95 Å². The van der Waals surface area contributed by atoms with Crippen molar-refractivity contribution < 1.29 is 14.0 Å². The van der Waals surface area contributed by atoms with E-state index in [1.807, 2.05) is 0 Å². The largest absolute Gasteiger partial charge is 0.465 e. The van der Waals surface area contributed by atoms with Crippen LogP contribution in [0.1, 0.15) is 5.76 Å². The van der Waals surface area contributed by atoms with Gasteiger partial charge in [0.15, 0.2) is 0 Å². The number of nitrogens with zero attached hydrogens (tertiary/aromatic N) is 3. The number of nitrogens with one attached hydrogen (secondary N) is 2. The predicted octanol–water partition coefficient (Wildman–Crippen LogP) is 0.269. The molecule has 0 atom stereocenters. The number of hydrogen-bond donors (Lipinski definition) is 2. The molecule has 0 aromatic carbocycles. The Morgan fingerprint density at radius 3 is 3.05 bits per heavy atom. The average Bonchev–Trinajstić information content (AvgIpc) is 3.08. The van der Waals surface area contributed by atoms with Gasteiger partial charge in [-0.3, -0.25) is 14.9 Å². The van der Waals surface area contributed by atoms with Crippen LogP contribution in [0.25, 0.3) is 6.08 Å². The van der Waals surface area contributed by atoms with E-state index >= 15 is 0 Å². The molecule has 0 unspecified atom stereocenters. The molecule has 0 aliphatic heterocycles. The zero-order valence-electron chi connectivity index (χ0n) is 10.7. The third-order valence-corrected chi connectivity index (χ3v) is 2.30. The summed E-state index contributed by atoms with van der Waals surface area (Å²) in [4.78, 5) is 26.6. The van der Waals surface area contributed by atoms with Gasteiger partial charge in [-0.15, -0.1) is 5.10 Å². The quantitative estimate of drug-likeness (QED) is 0.762. The molecule has 0 saturated heterocycles. The summed E-state index contributed by atoms with van der Waals surface area (Å²) in [6.07, 6.45) is 5.70. The Morgan fingerprint density at radius 2 is 2.35 bits per heavy atom. The Kier molecular flexibility index (Phi) is 4.28. The summed E-state index contributed by atoms with van der Waals surface area (Å²) < 4.78 is 6.37. The van der Waals surface area contributed by atoms with Crippen molar-refractivity contribution in [3.05, 3.63) is 36.6 Å². The molecule has 2 N–H and O–H groups in total. The first kappa shape index (κ1) is 13.5. The van der Waals surface area contributed by atoms with Gasteiger partial charge in [-0.25, -0.2) is 9.67 Å². The molecule has 0 aliphatic carbocycles. The van der Waals surface area contributed by atoms with Gasteiger partial charge in [0.2, 0.25) is 11.9 Å². The molecule has 0 aliphatic rings. The first-order valence-electron chi connectivity index (χ1n) is 5.80. The van der Waals surface area contributed by atoms with Crippen LogP contribution in [0, 0.1) is 0 Å². The molecule has 0 bridgehead atoms. The molecule has 8 nitrogen and oxygen atoms in total. The summed E-state index contributed by atoms with van der Waals surface area (Å²) >= 11 is 0. The van der Waals surface area contributed by atoms with E-state index in [0.717, 1.165) is 0 Å². The van der Waals surface area contributed by atoms with Crippen molar-refractivity contribution in [2.24, 2.45) is 0 Å². The Labute approximate surface area is 114 Å². The van der Waals surface area contributed by atoms with Gasteiger partial charge in [-0.1, -0.05) is 0 Å². The molecule has 0 spiro atoms. The third kappa shape index (κ3) is 3.80. The monoisotopic (exact) mass is 275 g/mol. The molecular formula is C12H13N5O3. The van der Waals surface area contributed by atoms with Crippen molar-refractivity contribution in [2.45, 2.75) is 6.54 Å². The summed E-state index contributed by atoms with van der Waals surface area (Å²) in [7, 11) is 1.53. The van der Waals surface area contributed by atoms with Crippen molar-refractivity contribution in [2.75, 3.05) is 12.4 Å². The van der Waals surface area contributed by atoms with E-state index in [4.69, 9.17) is 4.42 Å². The van der Waals surface area contributed by atoms with Gasteiger partial charge in [-0.05, 0) is 18.2 Å². The summed E-state index contributed by atoms with van der Waals surface area (Å²) in [5, 5.41) is 8.88. The number of anilines is 1. The lowest BCUT2D eigenvalue weighted by Gasteiger charge is -1.98. The number of likely N-dealkylation sites (N-methyl/N-ethyl adjacent to an activating group) is 1. The van der Waals surface area contributed by atoms with Crippen molar-refractivity contribution in [1.29, 1.82) is 0 Å². The SMILES string of the molecule is CNC(=O)Cn1cnc(NC(=O)C=Cc2ccco2)n1. The second-order valence-corrected chi connectivity index (χ2v) is 3.78. The van der Waals surface area contributed by atoms with Gasteiger partial charge in [0, 0.05) is 13.1 Å². The van der Waals surface area contributed by atoms with Crippen LogP contribution in [-0.2, 0) is 16.1 Å². The lowest BCUT2D eigenvalue weighted by atomic mass is 10.4. The van der Waals surface area contributed by atoms with Crippen molar-refractivity contribution in [1.82, 2.24) is 20.1 Å². The fourth-order valence-electron chi connectivity index (χ4n) is 1.35. The van der Waals surface area contributed by atoms with Gasteiger partial charge in [0.1, 0.15) is 18.6 Å². The standard InChI is InChI=1S/C12H13N5O3/c1-13-11(19)7-17-8-14-12(16-17)15-10(18)5-4-9-3-2-6-20-9/h2-6,8H,7H2,1H3,(H,13,19)(H,15,16,18). The molecule has 2 rings (SSSR count). The topological polar surface area (TPSA) is 102 Å². The van der Waals surface area contributed by atoms with E-state index in [0.29, 0.717) is 5.76 Å². The lowest BCUT2D eigenvalue weighted by molar-refractivity contribution is -0.121. The normalized spacial score (nSPS) is 10.7. The highest BCUT2D eigenvalue weighted by Gasteiger charge is 2.06. The second-order valence-electron chi connectivity index (χ2n) is 3.78. The molecule has 2 aromatic rings. The summed E-state index contributed by atoms with van der Waals surface area (Å²) in [6, 6.07) is 3.44. The predicted molar refractivity (Wildman–Crippen MR) is 70.5 cm³/mol. The fourth-order valence-corrected chi connectivity index (χ4v) is 1.35. The molecule has 104 valence electrons. The van der Waals surface area contributed by atoms with Gasteiger partial charge >= 0.3 is 0 Å². The van der Waals surface area contributed by atoms with E-state index in [2.05, 4.69) is 20.7 Å². The smallest absolute Gasteiger partial charge is 0.250 e. The maximum atomic E-state index is 11.6. The van der Waals surface area contributed by atoms with Crippen LogP contribution in [0.15, 0.2) is 35.2 Å². The third-order valence-electron chi connectivity index (χ3n) is 2.30. The number of hydrogen-bond acceptors (Lipinski definition) is 5. The number of furan rings is 1. The van der Waals surface area contributed by atoms with E-state index in [1.165, 1.54) is 36.5 Å². The molecule has 0 radical (unpaired) electrons. The highest BCUT2D eigenvalue weighted by molar-refractivity contribution is 6.00. The van der Waals surface area contributed by atoms with Crippen LogP contribution < -0.4 is 10.6 Å². The molecule has 2 heterocycles. The minimum Gasteiger partial charge on any atom is -0.465 e. The zero-order valence-corrected chi connectivity index (χ0v) is 10.7. The van der Waals surface area contributed by atoms with Crippen LogP contribution >= 0.6 is 0 Å². The number of rotatable bonds is 5. The van der Waals surface area contributed by atoms with Crippen LogP contribution in [0.2, 0.25) is 0 Å². The lowest BCUT2D eigenvalue weighted by Crippen LogP contribution is -2.23. The Bertz CT molecular complexity index is 615. The van der Waals surface area contributed by atoms with Crippen LogP contribution in [-0.4, -0.2) is 33.6 Å². The first-order chi connectivity index (χ1) is 9.67. The number of carbonyl (C=O) groups is 2. The van der Waals surface area contributed by atoms with Crippen LogP contribution in [0.3, 0.4) is 0 Å². The van der Waals surface area contributed by atoms with Crippen molar-refractivity contribution in [3.63, 3.8) is 0 Å². The summed E-state index contributed by atoms with van der Waals surface area (Å²) in [5.41, 5.74) is 0. The Morgan fingerprint density at radius 1 is 1.50 bits per heavy atom. The van der Waals surface area contributed by atoms with E-state index in [9.17, 15) is 9.59 Å². The molecule has 2 amide bonds. The minimum atomic E-state index is -0.390. The molecule has 2 aromatic heterocycles. The van der Waals surface area contributed by atoms with E-state index in [1.54, 1.807) is 12.1 Å². The maximum absolute atomic E-state index is 11.6. The van der Waals surface area contributed by atoms with Crippen molar-refractivity contribution in [3.8, 4) is 0 Å². The van der Waals surface area contributed by atoms with Gasteiger partial charge in [0.05, 0.1) is 6.26 Å². The first-order valence-corrected chi connectivity index (χ1v) is 5.80. The summed E-state index contributed by atoms with van der Waals surface area (Å²) in [5.74, 6) is 0.103. The van der Waals surface area contributed by atoms with E-state index in [-0.39, 0.29) is 24.3 Å². The highest BCUT2D eigenvalue weighted by Crippen LogP contribution is 2.03. The fraction of sp³-hybridized carbons (Fsp3) is 0.167. The number of carbonyl (C=O) groups excluding carboxylic acids is 2. The minimum absolute atomic E-state index is 0.0433. The Hall–Kier alpha value is -2.90. The van der Waals surface area contributed by atoms with Gasteiger partial charge in [-0.2, -0.15) is 0 Å². The van der Waals surface area contributed by atoms with E-state index < -0.39 is 0 Å². The molecule has 0 saturated carbocycles. The van der Waals surface area contributed by atoms with Crippen LogP contribution in [0.5, 0.6) is 0 Å². The highest BCUT2D eigenvalue weighted by atomic mass is 16.3.